The highest BCUT2D eigenvalue weighted by Gasteiger charge is 2.52. The normalized spacial score (nSPS) is 21.0. The Morgan fingerprint density at radius 2 is 1.33 bits per heavy atom. The predicted molar refractivity (Wildman–Crippen MR) is 83.7 cm³/mol. The Morgan fingerprint density at radius 3 is 1.70 bits per heavy atom. The number of hydrogen-bond acceptors (Lipinski definition) is 13. The summed E-state index contributed by atoms with van der Waals surface area (Å²) < 4.78 is 42.8. The first-order valence-electron chi connectivity index (χ1n) is 6.83. The molecule has 5 unspecified atom stereocenters. The molecule has 0 aromatic heterocycles. The fraction of sp³-hybridized carbons (Fsp3) is 0.750. The van der Waals surface area contributed by atoms with E-state index in [4.69, 9.17) is 29.6 Å². The molecule has 0 aromatic carbocycles. The molecule has 0 fully saturated rings. The third-order valence-electron chi connectivity index (χ3n) is 2.92. The highest BCUT2D eigenvalue weighted by atomic mass is 31.3. The van der Waals surface area contributed by atoms with Crippen molar-refractivity contribution in [3.8, 4) is 0 Å². The summed E-state index contributed by atoms with van der Waals surface area (Å²) in [6.07, 6.45) is -12.6. The molecule has 6 atom stereocenters. The van der Waals surface area contributed by atoms with Crippen LogP contribution in [0.1, 0.15) is 0 Å². The fourth-order valence-electron chi connectivity index (χ4n) is 1.54. The number of aliphatic carboxylic acids is 1. The minimum absolute atomic E-state index is 1.89. The van der Waals surface area contributed by atoms with Crippen LogP contribution in [0.3, 0.4) is 0 Å². The molecule has 0 aromatic rings. The maximum Gasteiger partial charge on any atom is 0.483 e. The number of ketones is 1. The Labute approximate surface area is 164 Å². The monoisotopic (exact) mass is 510 g/mol. The van der Waals surface area contributed by atoms with Crippen molar-refractivity contribution in [3.63, 3.8) is 0 Å². The van der Waals surface area contributed by atoms with E-state index in [-0.39, 0.29) is 0 Å². The first-order chi connectivity index (χ1) is 13.1. The molecule has 0 aliphatic carbocycles. The largest absolute Gasteiger partial charge is 0.483 e. The lowest BCUT2D eigenvalue weighted by Gasteiger charge is -2.32. The Balaban J connectivity index is 5.43. The van der Waals surface area contributed by atoms with Crippen LogP contribution in [0.5, 0.6) is 0 Å². The first-order valence-corrected chi connectivity index (χ1v) is 11.4. The number of phosphoric ester groups is 2. The van der Waals surface area contributed by atoms with Gasteiger partial charge in [-0.1, -0.05) is 0 Å². The zero-order valence-corrected chi connectivity index (χ0v) is 16.7. The standard InChI is InChI=1S/C8H17O19P3/c9-2(4(11)6(13)26-30(23,24)27-29(20,21)22)3(10)5(12)8(16,7(14)15)1-25-28(17,18)19/h3-6,10-13,16H,1H2,(H,14,15)(H,23,24)(H2,17,18,19)(H2,20,21,22)/t3-,4?,5?,6?,8?/m0/s1. The van der Waals surface area contributed by atoms with Crippen LogP contribution in [0.25, 0.3) is 0 Å². The summed E-state index contributed by atoms with van der Waals surface area (Å²) in [6.45, 7) is -1.89. The molecule has 0 bridgehead atoms. The molecule has 178 valence electrons. The lowest BCUT2D eigenvalue weighted by Crippen LogP contribution is -2.61. The molecule has 0 saturated heterocycles. The number of phosphoric acid groups is 3. The third kappa shape index (κ3) is 9.21. The molecule has 22 heteroatoms. The Hall–Kier alpha value is -0.690. The van der Waals surface area contributed by atoms with Gasteiger partial charge in [0.15, 0.2) is 18.2 Å². The van der Waals surface area contributed by atoms with Gasteiger partial charge in [0.2, 0.25) is 5.60 Å². The molecule has 11 N–H and O–H groups in total. The average Bonchev–Trinajstić information content (AvgIpc) is 2.53. The number of carbonyl (C=O) groups is 2. The van der Waals surface area contributed by atoms with Crippen molar-refractivity contribution in [1.29, 1.82) is 0 Å². The van der Waals surface area contributed by atoms with E-state index >= 15 is 0 Å². The number of rotatable bonds is 13. The van der Waals surface area contributed by atoms with Crippen molar-refractivity contribution in [2.24, 2.45) is 0 Å². The van der Waals surface area contributed by atoms with E-state index in [0.29, 0.717) is 0 Å². The predicted octanol–water partition coefficient (Wildman–Crippen LogP) is -4.89. The second-order valence-electron chi connectivity index (χ2n) is 5.27. The van der Waals surface area contributed by atoms with E-state index in [9.17, 15) is 48.8 Å². The van der Waals surface area contributed by atoms with Crippen LogP contribution in [0.15, 0.2) is 0 Å². The third-order valence-corrected chi connectivity index (χ3v) is 5.54. The zero-order chi connectivity index (χ0) is 24.3. The first kappa shape index (κ1) is 29.3. The summed E-state index contributed by atoms with van der Waals surface area (Å²) in [6, 6.07) is 0. The van der Waals surface area contributed by atoms with Crippen molar-refractivity contribution in [1.82, 2.24) is 0 Å². The quantitative estimate of drug-likeness (QED) is 0.0816. The lowest BCUT2D eigenvalue weighted by molar-refractivity contribution is -0.194. The molecular weight excluding hydrogens is 493 g/mol. The van der Waals surface area contributed by atoms with E-state index in [2.05, 4.69) is 13.4 Å². The van der Waals surface area contributed by atoms with Crippen molar-refractivity contribution in [2.75, 3.05) is 6.61 Å². The molecule has 0 radical (unpaired) electrons. The molecule has 0 aliphatic rings. The van der Waals surface area contributed by atoms with Gasteiger partial charge in [-0.25, -0.2) is 18.5 Å². The molecular formula is C8H17O19P3. The SMILES string of the molecule is O=C(C(O)C(O)OP(=O)(O)OP(=O)(O)O)[C@H](O)C(O)C(O)(COP(=O)(O)O)C(=O)O. The van der Waals surface area contributed by atoms with Crippen molar-refractivity contribution < 1.29 is 91.7 Å². The summed E-state index contributed by atoms with van der Waals surface area (Å²) in [5, 5.41) is 56.7. The number of carbonyl (C=O) groups excluding carboxylic acids is 1. The number of Topliss-reactive ketones (excluding diaryl/α,β-unsaturated/α-hetero) is 1. The van der Waals surface area contributed by atoms with Crippen LogP contribution in [0.2, 0.25) is 0 Å². The Bertz CT molecular complexity index is 768. The second-order valence-corrected chi connectivity index (χ2v) is 9.29. The van der Waals surface area contributed by atoms with Gasteiger partial charge in [0, 0.05) is 0 Å². The van der Waals surface area contributed by atoms with Gasteiger partial charge in [0.1, 0.15) is 18.8 Å². The van der Waals surface area contributed by atoms with Crippen molar-refractivity contribution >= 4 is 35.2 Å². The van der Waals surface area contributed by atoms with Gasteiger partial charge >= 0.3 is 29.4 Å². The molecule has 0 saturated carbocycles. The van der Waals surface area contributed by atoms with Crippen molar-refractivity contribution in [3.05, 3.63) is 0 Å². The fourth-order valence-corrected chi connectivity index (χ4v) is 3.52. The topological polar surface area (TPSA) is 336 Å². The molecule has 0 spiro atoms. The van der Waals surface area contributed by atoms with Crippen molar-refractivity contribution in [2.45, 2.75) is 30.2 Å². The average molecular weight is 510 g/mol. The summed E-state index contributed by atoms with van der Waals surface area (Å²) in [5.41, 5.74) is -3.77. The number of aliphatic hydroxyl groups is 5. The minimum Gasteiger partial charge on any atom is -0.479 e. The maximum absolute atomic E-state index is 11.8. The van der Waals surface area contributed by atoms with Gasteiger partial charge in [-0.15, -0.1) is 0 Å². The summed E-state index contributed by atoms with van der Waals surface area (Å²) in [5.74, 6) is -4.67. The summed E-state index contributed by atoms with van der Waals surface area (Å²) in [4.78, 5) is 65.6. The van der Waals surface area contributed by atoms with Gasteiger partial charge in [-0.05, 0) is 0 Å². The molecule has 0 amide bonds. The smallest absolute Gasteiger partial charge is 0.479 e. The summed E-state index contributed by atoms with van der Waals surface area (Å²) >= 11 is 0. The highest BCUT2D eigenvalue weighted by molar-refractivity contribution is 7.60. The highest BCUT2D eigenvalue weighted by Crippen LogP contribution is 2.58. The molecule has 0 heterocycles. The number of hydrogen-bond donors (Lipinski definition) is 11. The van der Waals surface area contributed by atoms with Crippen LogP contribution in [0, 0.1) is 0 Å². The van der Waals surface area contributed by atoms with Crippen LogP contribution in [-0.4, -0.2) is 104 Å². The van der Waals surface area contributed by atoms with Crippen LogP contribution in [0.4, 0.5) is 0 Å². The lowest BCUT2D eigenvalue weighted by atomic mass is 9.90. The van der Waals surface area contributed by atoms with Gasteiger partial charge < -0.3 is 55.1 Å². The maximum atomic E-state index is 11.8. The van der Waals surface area contributed by atoms with E-state index in [1.54, 1.807) is 0 Å². The van der Waals surface area contributed by atoms with E-state index in [1.165, 1.54) is 0 Å². The van der Waals surface area contributed by atoms with E-state index in [1.807, 2.05) is 0 Å². The minimum atomic E-state index is -5.81. The van der Waals surface area contributed by atoms with Crippen LogP contribution in [-0.2, 0) is 36.6 Å². The number of aliphatic hydroxyl groups excluding tert-OH is 4. The molecule has 19 nitrogen and oxygen atoms in total. The van der Waals surface area contributed by atoms with Gasteiger partial charge in [0.25, 0.3) is 0 Å². The van der Waals surface area contributed by atoms with Crippen LogP contribution >= 0.6 is 23.5 Å². The number of carboxylic acids is 1. The second kappa shape index (κ2) is 10.3. The van der Waals surface area contributed by atoms with Gasteiger partial charge in [0.05, 0.1) is 0 Å². The van der Waals surface area contributed by atoms with E-state index < -0.39 is 72.0 Å². The summed E-state index contributed by atoms with van der Waals surface area (Å²) in [7, 11) is -16.9. The Kier molecular flexibility index (Phi) is 10.0. The van der Waals surface area contributed by atoms with Gasteiger partial charge in [-0.2, -0.15) is 4.31 Å². The zero-order valence-electron chi connectivity index (χ0n) is 14.0. The Morgan fingerprint density at radius 1 is 0.867 bits per heavy atom. The van der Waals surface area contributed by atoms with E-state index in [0.717, 1.165) is 0 Å². The molecule has 30 heavy (non-hydrogen) atoms. The van der Waals surface area contributed by atoms with Crippen LogP contribution < -0.4 is 0 Å². The number of carboxylic acid groups (broad SMARTS) is 1. The molecule has 0 rings (SSSR count). The van der Waals surface area contributed by atoms with Gasteiger partial charge in [-0.3, -0.25) is 13.8 Å². The molecule has 0 aliphatic heterocycles.